The van der Waals surface area contributed by atoms with E-state index in [4.69, 9.17) is 9.84 Å². The summed E-state index contributed by atoms with van der Waals surface area (Å²) in [6.45, 7) is 7.99. The van der Waals surface area contributed by atoms with Crippen LogP contribution in [0.2, 0.25) is 0 Å². The number of carboxylic acid groups (broad SMARTS) is 1. The van der Waals surface area contributed by atoms with E-state index in [0.29, 0.717) is 6.42 Å². The number of allylic oxidation sites excluding steroid dienone is 9. The number of ether oxygens (including phenoxy) is 2. The normalized spacial score (nSPS) is 13.3. The van der Waals surface area contributed by atoms with E-state index in [1.165, 1.54) is 16.7 Å². The average molecular weight is 461 g/mol. The summed E-state index contributed by atoms with van der Waals surface area (Å²) in [5, 5.41) is 8.43. The van der Waals surface area contributed by atoms with Crippen molar-refractivity contribution < 1.29 is 24.2 Å². The van der Waals surface area contributed by atoms with Crippen LogP contribution in [0.15, 0.2) is 59.3 Å². The molecule has 0 spiro atoms. The molecule has 0 aromatic carbocycles. The van der Waals surface area contributed by atoms with Gasteiger partial charge in [-0.05, 0) is 79.1 Å². The van der Waals surface area contributed by atoms with Crippen LogP contribution in [0.25, 0.3) is 0 Å². The second-order valence-corrected chi connectivity index (χ2v) is 8.28. The zero-order valence-electron chi connectivity index (χ0n) is 21.1. The van der Waals surface area contributed by atoms with E-state index in [1.807, 2.05) is 6.92 Å². The molecular formula is C28H44O5. The van der Waals surface area contributed by atoms with E-state index >= 15 is 0 Å². The van der Waals surface area contributed by atoms with Gasteiger partial charge < -0.3 is 14.6 Å². The molecule has 5 nitrogen and oxygen atoms in total. The summed E-state index contributed by atoms with van der Waals surface area (Å²) < 4.78 is 9.70. The number of hydrogen-bond acceptors (Lipinski definition) is 4. The molecular weight excluding hydrogens is 416 g/mol. The lowest BCUT2D eigenvalue weighted by Crippen LogP contribution is -2.17. The van der Waals surface area contributed by atoms with Crippen molar-refractivity contribution in [3.8, 4) is 0 Å². The molecule has 0 atom stereocenters. The highest BCUT2D eigenvalue weighted by atomic mass is 16.6. The van der Waals surface area contributed by atoms with Crippen molar-refractivity contribution in [3.63, 3.8) is 0 Å². The van der Waals surface area contributed by atoms with E-state index in [0.717, 1.165) is 51.4 Å². The molecule has 0 rings (SSSR count). The fraction of sp³-hybridized carbons (Fsp3) is 0.571. The zero-order valence-corrected chi connectivity index (χ0v) is 21.1. The predicted molar refractivity (Wildman–Crippen MR) is 136 cm³/mol. The number of carbonyl (C=O) groups excluding carboxylic acids is 1. The summed E-state index contributed by atoms with van der Waals surface area (Å²) in [4.78, 5) is 21.7. The molecule has 0 aliphatic carbocycles. The Bertz CT molecular complexity index is 695. The SMILES string of the molecule is C/C=C/CC/C(C)=C/CC/C(C)=C/CC/C=C/CC/C=C(\C)CCOC(=O)COCC(=O)O. The molecule has 0 amide bonds. The predicted octanol–water partition coefficient (Wildman–Crippen LogP) is 7.11. The molecule has 0 aliphatic rings. The Morgan fingerprint density at radius 3 is 1.82 bits per heavy atom. The van der Waals surface area contributed by atoms with Crippen LogP contribution in [0.4, 0.5) is 0 Å². The van der Waals surface area contributed by atoms with Gasteiger partial charge in [0, 0.05) is 6.42 Å². The van der Waals surface area contributed by atoms with E-state index in [2.05, 4.69) is 68.0 Å². The van der Waals surface area contributed by atoms with Crippen LogP contribution in [0.3, 0.4) is 0 Å². The van der Waals surface area contributed by atoms with Crippen LogP contribution < -0.4 is 0 Å². The highest BCUT2D eigenvalue weighted by Crippen LogP contribution is 2.12. The maximum atomic E-state index is 11.4. The van der Waals surface area contributed by atoms with Gasteiger partial charge >= 0.3 is 11.9 Å². The second kappa shape index (κ2) is 21.4. The Hall–Kier alpha value is -2.40. The maximum absolute atomic E-state index is 11.4. The third kappa shape index (κ3) is 22.6. The number of carboxylic acids is 1. The van der Waals surface area contributed by atoms with E-state index in [1.54, 1.807) is 0 Å². The quantitative estimate of drug-likeness (QED) is 0.126. The third-order valence-corrected chi connectivity index (χ3v) is 5.00. The monoisotopic (exact) mass is 460 g/mol. The molecule has 186 valence electrons. The summed E-state index contributed by atoms with van der Waals surface area (Å²) >= 11 is 0. The lowest BCUT2D eigenvalue weighted by Gasteiger charge is -2.05. The van der Waals surface area contributed by atoms with E-state index < -0.39 is 18.5 Å². The van der Waals surface area contributed by atoms with Crippen molar-refractivity contribution in [3.05, 3.63) is 59.3 Å². The van der Waals surface area contributed by atoms with Crippen LogP contribution in [0.5, 0.6) is 0 Å². The van der Waals surface area contributed by atoms with Crippen LogP contribution in [0.1, 0.15) is 85.5 Å². The Morgan fingerprint density at radius 2 is 1.24 bits per heavy atom. The molecule has 0 aromatic rings. The van der Waals surface area contributed by atoms with Gasteiger partial charge in [-0.1, -0.05) is 59.3 Å². The van der Waals surface area contributed by atoms with E-state index in [9.17, 15) is 9.59 Å². The largest absolute Gasteiger partial charge is 0.480 e. The Balaban J connectivity index is 3.82. The molecule has 0 unspecified atom stereocenters. The fourth-order valence-corrected chi connectivity index (χ4v) is 3.01. The van der Waals surface area contributed by atoms with Crippen molar-refractivity contribution in [1.82, 2.24) is 0 Å². The molecule has 0 fully saturated rings. The molecule has 5 heteroatoms. The standard InChI is InChI=1S/C28H44O5/c1-5-6-11-15-24(2)18-14-19-25(3)16-12-9-7-8-10-13-17-26(4)20-21-33-28(31)23-32-22-27(29)30/h5-8,16-18H,9-15,19-23H2,1-4H3,(H,29,30)/b6-5+,8-7+,24-18+,25-16+,26-17+. The average Bonchev–Trinajstić information content (AvgIpc) is 2.75. The summed E-state index contributed by atoms with van der Waals surface area (Å²) in [6.07, 6.45) is 25.0. The first-order chi connectivity index (χ1) is 15.8. The lowest BCUT2D eigenvalue weighted by atomic mass is 10.1. The molecule has 0 radical (unpaired) electrons. The second-order valence-electron chi connectivity index (χ2n) is 8.28. The first kappa shape index (κ1) is 30.6. The van der Waals surface area contributed by atoms with Gasteiger partial charge in [0.2, 0.25) is 0 Å². The van der Waals surface area contributed by atoms with Gasteiger partial charge in [-0.2, -0.15) is 0 Å². The molecule has 0 heterocycles. The summed E-state index contributed by atoms with van der Waals surface area (Å²) in [5.74, 6) is -1.64. The number of esters is 1. The minimum Gasteiger partial charge on any atom is -0.480 e. The summed E-state index contributed by atoms with van der Waals surface area (Å²) in [7, 11) is 0. The van der Waals surface area contributed by atoms with Crippen molar-refractivity contribution in [2.75, 3.05) is 19.8 Å². The minimum absolute atomic E-state index is 0.282. The number of unbranched alkanes of at least 4 members (excludes halogenated alkanes) is 2. The van der Waals surface area contributed by atoms with Crippen LogP contribution in [-0.4, -0.2) is 36.9 Å². The van der Waals surface area contributed by atoms with Crippen molar-refractivity contribution in [2.24, 2.45) is 0 Å². The first-order valence-corrected chi connectivity index (χ1v) is 12.0. The number of aliphatic carboxylic acids is 1. The molecule has 0 saturated carbocycles. The summed E-state index contributed by atoms with van der Waals surface area (Å²) in [6, 6.07) is 0. The maximum Gasteiger partial charge on any atom is 0.332 e. The van der Waals surface area contributed by atoms with Gasteiger partial charge in [-0.3, -0.25) is 0 Å². The number of rotatable bonds is 19. The van der Waals surface area contributed by atoms with E-state index in [-0.39, 0.29) is 13.2 Å². The molecule has 0 saturated heterocycles. The van der Waals surface area contributed by atoms with Gasteiger partial charge in [0.25, 0.3) is 0 Å². The van der Waals surface area contributed by atoms with Crippen molar-refractivity contribution in [2.45, 2.75) is 85.5 Å². The van der Waals surface area contributed by atoms with Gasteiger partial charge in [-0.25, -0.2) is 9.59 Å². The van der Waals surface area contributed by atoms with Gasteiger partial charge in [0.05, 0.1) is 6.61 Å². The fourth-order valence-electron chi connectivity index (χ4n) is 3.01. The van der Waals surface area contributed by atoms with Gasteiger partial charge in [-0.15, -0.1) is 0 Å². The lowest BCUT2D eigenvalue weighted by molar-refractivity contribution is -0.152. The molecule has 0 aromatic heterocycles. The highest BCUT2D eigenvalue weighted by molar-refractivity contribution is 5.72. The minimum atomic E-state index is -1.10. The zero-order chi connectivity index (χ0) is 24.7. The van der Waals surface area contributed by atoms with Gasteiger partial charge in [0.15, 0.2) is 0 Å². The highest BCUT2D eigenvalue weighted by Gasteiger charge is 2.04. The van der Waals surface area contributed by atoms with Crippen molar-refractivity contribution >= 4 is 11.9 Å². The van der Waals surface area contributed by atoms with Crippen molar-refractivity contribution in [1.29, 1.82) is 0 Å². The first-order valence-electron chi connectivity index (χ1n) is 12.0. The van der Waals surface area contributed by atoms with Crippen LogP contribution in [0, 0.1) is 0 Å². The Kier molecular flexibility index (Phi) is 19.9. The molecule has 0 bridgehead atoms. The molecule has 33 heavy (non-hydrogen) atoms. The third-order valence-electron chi connectivity index (χ3n) is 5.00. The number of carbonyl (C=O) groups is 2. The summed E-state index contributed by atoms with van der Waals surface area (Å²) in [5.41, 5.74) is 4.12. The topological polar surface area (TPSA) is 72.8 Å². The Morgan fingerprint density at radius 1 is 0.697 bits per heavy atom. The molecule has 1 N–H and O–H groups in total. The number of hydrogen-bond donors (Lipinski definition) is 1. The molecule has 0 aliphatic heterocycles. The van der Waals surface area contributed by atoms with Crippen LogP contribution in [-0.2, 0) is 19.1 Å². The Labute approximate surface area is 200 Å². The smallest absolute Gasteiger partial charge is 0.332 e. The van der Waals surface area contributed by atoms with Crippen LogP contribution >= 0.6 is 0 Å². The van der Waals surface area contributed by atoms with Gasteiger partial charge in [0.1, 0.15) is 13.2 Å².